The number of hydrogen-bond acceptors (Lipinski definition) is 4. The Bertz CT molecular complexity index is 703. The van der Waals surface area contributed by atoms with Crippen LogP contribution in [-0.4, -0.2) is 21.1 Å². The van der Waals surface area contributed by atoms with Gasteiger partial charge in [-0.15, -0.1) is 0 Å². The van der Waals surface area contributed by atoms with Crippen LogP contribution < -0.4 is 16.6 Å². The number of H-pyrrole nitrogens is 1. The molecule has 0 fully saturated rings. The van der Waals surface area contributed by atoms with E-state index >= 15 is 0 Å². The van der Waals surface area contributed by atoms with Crippen molar-refractivity contribution in [1.82, 2.24) is 14.5 Å². The van der Waals surface area contributed by atoms with Crippen LogP contribution in [0.25, 0.3) is 0 Å². The zero-order chi connectivity index (χ0) is 14.5. The lowest BCUT2D eigenvalue weighted by Crippen LogP contribution is -2.31. The molecule has 0 aliphatic heterocycles. The predicted molar refractivity (Wildman–Crippen MR) is 78.2 cm³/mol. The number of aromatic amines is 1. The fourth-order valence-corrected chi connectivity index (χ4v) is 1.86. The molecule has 106 valence electrons. The van der Waals surface area contributed by atoms with E-state index in [-0.39, 0.29) is 5.56 Å². The summed E-state index contributed by atoms with van der Waals surface area (Å²) < 4.78 is 1.48. The fourth-order valence-electron chi connectivity index (χ4n) is 1.86. The lowest BCUT2D eigenvalue weighted by molar-refractivity contribution is 0.713. The molecule has 2 aromatic heterocycles. The SMILES string of the molecule is CCCNc1cc(Cn2cc(C)c(=O)[nH]c2=O)ccn1. The van der Waals surface area contributed by atoms with Gasteiger partial charge in [-0.1, -0.05) is 6.92 Å². The second kappa shape index (κ2) is 6.18. The van der Waals surface area contributed by atoms with Crippen LogP contribution in [0, 0.1) is 6.92 Å². The van der Waals surface area contributed by atoms with Crippen LogP contribution in [0.5, 0.6) is 0 Å². The molecule has 0 aromatic carbocycles. The molecule has 0 bridgehead atoms. The number of aromatic nitrogens is 3. The van der Waals surface area contributed by atoms with E-state index in [4.69, 9.17) is 0 Å². The molecule has 0 aliphatic carbocycles. The Kier molecular flexibility index (Phi) is 4.34. The molecule has 0 amide bonds. The minimum Gasteiger partial charge on any atom is -0.370 e. The van der Waals surface area contributed by atoms with Gasteiger partial charge >= 0.3 is 5.69 Å². The first-order valence-corrected chi connectivity index (χ1v) is 6.59. The molecule has 6 heteroatoms. The number of anilines is 1. The maximum atomic E-state index is 11.7. The van der Waals surface area contributed by atoms with Crippen molar-refractivity contribution in [2.24, 2.45) is 0 Å². The number of nitrogens with one attached hydrogen (secondary N) is 2. The van der Waals surface area contributed by atoms with Crippen LogP contribution in [0.1, 0.15) is 24.5 Å². The molecule has 0 unspecified atom stereocenters. The highest BCUT2D eigenvalue weighted by atomic mass is 16.2. The van der Waals surface area contributed by atoms with E-state index in [0.717, 1.165) is 24.3 Å². The van der Waals surface area contributed by atoms with Crippen molar-refractivity contribution in [3.63, 3.8) is 0 Å². The van der Waals surface area contributed by atoms with E-state index < -0.39 is 5.69 Å². The third-order valence-corrected chi connectivity index (χ3v) is 2.92. The van der Waals surface area contributed by atoms with Crippen LogP contribution >= 0.6 is 0 Å². The van der Waals surface area contributed by atoms with E-state index in [1.807, 2.05) is 12.1 Å². The van der Waals surface area contributed by atoms with Gasteiger partial charge in [0.25, 0.3) is 5.56 Å². The number of hydrogen-bond donors (Lipinski definition) is 2. The second-order valence-electron chi connectivity index (χ2n) is 4.68. The Hall–Kier alpha value is -2.37. The molecule has 2 N–H and O–H groups in total. The predicted octanol–water partition coefficient (Wildman–Crippen LogP) is 1.11. The topological polar surface area (TPSA) is 79.8 Å². The normalized spacial score (nSPS) is 10.5. The maximum Gasteiger partial charge on any atom is 0.328 e. The summed E-state index contributed by atoms with van der Waals surface area (Å²) in [4.78, 5) is 29.6. The van der Waals surface area contributed by atoms with Crippen molar-refractivity contribution in [3.8, 4) is 0 Å². The molecule has 2 aromatic rings. The largest absolute Gasteiger partial charge is 0.370 e. The smallest absolute Gasteiger partial charge is 0.328 e. The van der Waals surface area contributed by atoms with Gasteiger partial charge in [-0.3, -0.25) is 14.3 Å². The molecular weight excluding hydrogens is 256 g/mol. The van der Waals surface area contributed by atoms with E-state index in [1.54, 1.807) is 19.3 Å². The number of aryl methyl sites for hydroxylation is 1. The Morgan fingerprint density at radius 2 is 2.20 bits per heavy atom. The quantitative estimate of drug-likeness (QED) is 0.856. The summed E-state index contributed by atoms with van der Waals surface area (Å²) in [6.45, 7) is 5.02. The summed E-state index contributed by atoms with van der Waals surface area (Å²) in [6.07, 6.45) is 4.29. The first kappa shape index (κ1) is 14.0. The second-order valence-corrected chi connectivity index (χ2v) is 4.68. The van der Waals surface area contributed by atoms with Crippen molar-refractivity contribution in [1.29, 1.82) is 0 Å². The molecule has 2 rings (SSSR count). The Morgan fingerprint density at radius 1 is 1.40 bits per heavy atom. The van der Waals surface area contributed by atoms with E-state index in [1.165, 1.54) is 4.57 Å². The Morgan fingerprint density at radius 3 is 2.95 bits per heavy atom. The molecule has 0 saturated heterocycles. The van der Waals surface area contributed by atoms with Gasteiger partial charge in [-0.05, 0) is 31.0 Å². The third-order valence-electron chi connectivity index (χ3n) is 2.92. The van der Waals surface area contributed by atoms with Gasteiger partial charge in [0.05, 0.1) is 6.54 Å². The Labute approximate surface area is 116 Å². The van der Waals surface area contributed by atoms with Gasteiger partial charge < -0.3 is 5.32 Å². The highest BCUT2D eigenvalue weighted by molar-refractivity contribution is 5.37. The first-order valence-electron chi connectivity index (χ1n) is 6.59. The summed E-state index contributed by atoms with van der Waals surface area (Å²) >= 11 is 0. The first-order chi connectivity index (χ1) is 9.60. The highest BCUT2D eigenvalue weighted by Gasteiger charge is 2.03. The van der Waals surface area contributed by atoms with Gasteiger partial charge in [0, 0.05) is 24.5 Å². The van der Waals surface area contributed by atoms with Gasteiger partial charge in [0.2, 0.25) is 0 Å². The number of nitrogens with zero attached hydrogens (tertiary/aromatic N) is 2. The van der Waals surface area contributed by atoms with Gasteiger partial charge in [-0.2, -0.15) is 0 Å². The minimum atomic E-state index is -0.402. The Balaban J connectivity index is 2.24. The minimum absolute atomic E-state index is 0.341. The van der Waals surface area contributed by atoms with Crippen molar-refractivity contribution >= 4 is 5.82 Å². The molecule has 0 atom stereocenters. The maximum absolute atomic E-state index is 11.7. The molecule has 0 saturated carbocycles. The van der Waals surface area contributed by atoms with E-state index in [2.05, 4.69) is 22.2 Å². The summed E-state index contributed by atoms with van der Waals surface area (Å²) in [7, 11) is 0. The van der Waals surface area contributed by atoms with E-state index in [9.17, 15) is 9.59 Å². The molecule has 0 radical (unpaired) electrons. The number of rotatable bonds is 5. The van der Waals surface area contributed by atoms with Crippen molar-refractivity contribution < 1.29 is 0 Å². The molecule has 6 nitrogen and oxygen atoms in total. The van der Waals surface area contributed by atoms with Crippen LogP contribution in [0.2, 0.25) is 0 Å². The molecular formula is C14H18N4O2. The summed E-state index contributed by atoms with van der Waals surface area (Å²) in [5.74, 6) is 0.790. The van der Waals surface area contributed by atoms with Crippen LogP contribution in [0.4, 0.5) is 5.82 Å². The summed E-state index contributed by atoms with van der Waals surface area (Å²) in [6, 6.07) is 3.76. The number of pyridine rings is 1. The van der Waals surface area contributed by atoms with Crippen molar-refractivity contribution in [3.05, 3.63) is 56.5 Å². The molecule has 2 heterocycles. The zero-order valence-electron chi connectivity index (χ0n) is 11.6. The average molecular weight is 274 g/mol. The average Bonchev–Trinajstić information content (AvgIpc) is 2.43. The van der Waals surface area contributed by atoms with Crippen LogP contribution in [-0.2, 0) is 6.54 Å². The standard InChI is InChI=1S/C14H18N4O2/c1-3-5-15-12-7-11(4-6-16-12)9-18-8-10(2)13(19)17-14(18)20/h4,6-8H,3,5,9H2,1-2H3,(H,15,16)(H,17,19,20). The summed E-state index contributed by atoms with van der Waals surface area (Å²) in [5, 5.41) is 3.20. The molecule has 0 spiro atoms. The molecule has 0 aliphatic rings. The van der Waals surface area contributed by atoms with Gasteiger partial charge in [0.1, 0.15) is 5.82 Å². The highest BCUT2D eigenvalue weighted by Crippen LogP contribution is 2.07. The fraction of sp³-hybridized carbons (Fsp3) is 0.357. The van der Waals surface area contributed by atoms with Gasteiger partial charge in [0.15, 0.2) is 0 Å². The third kappa shape index (κ3) is 3.34. The van der Waals surface area contributed by atoms with Crippen LogP contribution in [0.15, 0.2) is 34.1 Å². The zero-order valence-corrected chi connectivity index (χ0v) is 11.6. The van der Waals surface area contributed by atoms with Crippen LogP contribution in [0.3, 0.4) is 0 Å². The van der Waals surface area contributed by atoms with Gasteiger partial charge in [-0.25, -0.2) is 9.78 Å². The van der Waals surface area contributed by atoms with Crippen molar-refractivity contribution in [2.45, 2.75) is 26.8 Å². The molecule has 20 heavy (non-hydrogen) atoms. The monoisotopic (exact) mass is 274 g/mol. The summed E-state index contributed by atoms with van der Waals surface area (Å²) in [5.41, 5.74) is 0.724. The van der Waals surface area contributed by atoms with E-state index in [0.29, 0.717) is 12.1 Å². The lowest BCUT2D eigenvalue weighted by atomic mass is 10.2. The van der Waals surface area contributed by atoms with Crippen molar-refractivity contribution in [2.75, 3.05) is 11.9 Å². The lowest BCUT2D eigenvalue weighted by Gasteiger charge is -2.08.